The van der Waals surface area contributed by atoms with E-state index in [9.17, 15) is 0 Å². The quantitative estimate of drug-likeness (QED) is 0.339. The Morgan fingerprint density at radius 3 is 2.25 bits per heavy atom. The Hall–Kier alpha value is -0.00169. The minimum atomic E-state index is 1.55. The van der Waals surface area contributed by atoms with Crippen LogP contribution in [0.4, 0.5) is 0 Å². The van der Waals surface area contributed by atoms with E-state index in [4.69, 9.17) is 5.53 Å². The van der Waals surface area contributed by atoms with Crippen molar-refractivity contribution in [3.05, 3.63) is 10.4 Å². The van der Waals surface area contributed by atoms with Crippen molar-refractivity contribution in [1.29, 1.82) is 0 Å². The maximum atomic E-state index is 7.33. The molecule has 0 aromatic heterocycles. The van der Waals surface area contributed by atoms with Crippen molar-refractivity contribution < 1.29 is 20.1 Å². The molecule has 4 heavy (non-hydrogen) atoms. The van der Waals surface area contributed by atoms with Gasteiger partial charge in [0.05, 0.1) is 0 Å². The fraction of sp³-hybridized carbons (Fsp3) is 0. The zero-order chi connectivity index (χ0) is 3.41. The fourth-order valence-corrected chi connectivity index (χ4v) is 0. The van der Waals surface area contributed by atoms with Crippen LogP contribution in [0.2, 0.25) is 0 Å². The van der Waals surface area contributed by atoms with Crippen molar-refractivity contribution in [3.8, 4) is 0 Å². The van der Waals surface area contributed by atoms with Crippen LogP contribution in [0.1, 0.15) is 0 Å². The van der Waals surface area contributed by atoms with E-state index in [1.165, 1.54) is 0 Å². The average Bonchev–Trinajstić information content (AvgIpc) is 1.37. The summed E-state index contributed by atoms with van der Waals surface area (Å²) in [6.45, 7) is 0. The van der Waals surface area contributed by atoms with Gasteiger partial charge in [-0.3, -0.25) is 0 Å². The van der Waals surface area contributed by atoms with Crippen molar-refractivity contribution in [2.45, 2.75) is 0 Å². The molecule has 0 saturated carbocycles. The van der Waals surface area contributed by atoms with Gasteiger partial charge in [-0.05, 0) is 0 Å². The van der Waals surface area contributed by atoms with Gasteiger partial charge in [-0.2, -0.15) is 0 Å². The van der Waals surface area contributed by atoms with Gasteiger partial charge in [0.1, 0.15) is 0 Å². The molecule has 0 rings (SSSR count). The van der Waals surface area contributed by atoms with E-state index >= 15 is 0 Å². The Balaban J connectivity index is 3.11. The summed E-state index contributed by atoms with van der Waals surface area (Å²) in [7, 11) is 0. The molecule has 0 heterocycles. The first kappa shape index (κ1) is 4.00. The Labute approximate surface area is 34.8 Å². The van der Waals surface area contributed by atoms with Crippen molar-refractivity contribution in [2.24, 2.45) is 3.67 Å². The molecule has 0 aliphatic rings. The Morgan fingerprint density at radius 1 is 2.00 bits per heavy atom. The van der Waals surface area contributed by atoms with Gasteiger partial charge in [0, 0.05) is 0 Å². The molecule has 3 nitrogen and oxygen atoms in total. The van der Waals surface area contributed by atoms with Crippen LogP contribution in [-0.4, -0.2) is 0 Å². The second-order valence-corrected chi connectivity index (χ2v) is 0.607. The first-order valence-electron chi connectivity index (χ1n) is 0.541. The Bertz CT molecular complexity index is 41.2. The predicted molar refractivity (Wildman–Crippen MR) is 9.15 cm³/mol. The summed E-state index contributed by atoms with van der Waals surface area (Å²) in [6, 6.07) is 0. The van der Waals surface area contributed by atoms with E-state index < -0.39 is 0 Å². The summed E-state index contributed by atoms with van der Waals surface area (Å²) in [5, 5.41) is 0. The summed E-state index contributed by atoms with van der Waals surface area (Å²) >= 11 is 1.55. The molecule has 0 aromatic rings. The predicted octanol–water partition coefficient (Wildman–Crippen LogP) is 0.759. The molecule has 0 atom stereocenters. The zero-order valence-corrected chi connectivity index (χ0v) is 3.93. The van der Waals surface area contributed by atoms with Gasteiger partial charge in [0.15, 0.2) is 0 Å². The van der Waals surface area contributed by atoms with E-state index in [0.717, 1.165) is 0 Å². The number of hydrogen-bond acceptors (Lipinski definition) is 1. The molecule has 4 heteroatoms. The van der Waals surface area contributed by atoms with Gasteiger partial charge in [-0.25, -0.2) is 0 Å². The standard InChI is InChI=1S/N3.Pt/c1-3-2;/q-1;+1. The molecule has 0 amide bonds. The normalized spacial score (nSPS) is 4.50. The molecule has 0 unspecified atom stereocenters. The molecule has 0 bridgehead atoms. The molecule has 0 fully saturated rings. The van der Waals surface area contributed by atoms with Crippen LogP contribution >= 0.6 is 0 Å². The van der Waals surface area contributed by atoms with E-state index in [2.05, 4.69) is 8.58 Å². The fourth-order valence-electron chi connectivity index (χ4n) is 0. The number of nitrogens with zero attached hydrogens (tertiary/aromatic N) is 3. The molecule has 25 valence electrons. The van der Waals surface area contributed by atoms with Gasteiger partial charge in [-0.15, -0.1) is 0 Å². The van der Waals surface area contributed by atoms with Crippen LogP contribution in [0.25, 0.3) is 10.4 Å². The van der Waals surface area contributed by atoms with Crippen LogP contribution in [0.15, 0.2) is 3.67 Å². The molecular weight excluding hydrogens is 237 g/mol. The van der Waals surface area contributed by atoms with Crippen LogP contribution in [0.5, 0.6) is 0 Å². The topological polar surface area (TPSA) is 48.8 Å². The minimum absolute atomic E-state index is 1.55. The molecular formula is N3Pt. The Kier molecular flexibility index (Phi) is 3.00. The second kappa shape index (κ2) is 3.00. The molecule has 0 spiro atoms. The van der Waals surface area contributed by atoms with Gasteiger partial charge in [0.2, 0.25) is 0 Å². The van der Waals surface area contributed by atoms with Crippen molar-refractivity contribution >= 4 is 0 Å². The molecule has 0 radical (unpaired) electrons. The molecule has 0 aromatic carbocycles. The summed E-state index contributed by atoms with van der Waals surface area (Å²) in [5.41, 5.74) is 7.33. The van der Waals surface area contributed by atoms with Gasteiger partial charge in [-0.1, -0.05) is 0 Å². The summed E-state index contributed by atoms with van der Waals surface area (Å²) in [4.78, 5) is 2.35. The average molecular weight is 237 g/mol. The molecule has 0 N–H and O–H groups in total. The number of rotatable bonds is 0. The third-order valence-corrected chi connectivity index (χ3v) is 0.232. The van der Waals surface area contributed by atoms with Gasteiger partial charge < -0.3 is 0 Å². The van der Waals surface area contributed by atoms with Crippen molar-refractivity contribution in [3.63, 3.8) is 0 Å². The number of azide groups is 1. The number of hydrogen-bond donors (Lipinski definition) is 0. The van der Waals surface area contributed by atoms with Crippen molar-refractivity contribution in [2.75, 3.05) is 0 Å². The third-order valence-electron chi connectivity index (χ3n) is 0.0283. The van der Waals surface area contributed by atoms with Crippen LogP contribution in [0, 0.1) is 0 Å². The molecule has 0 aliphatic heterocycles. The summed E-state index contributed by atoms with van der Waals surface area (Å²) in [6.07, 6.45) is 0. The van der Waals surface area contributed by atoms with Crippen LogP contribution in [-0.2, 0) is 20.1 Å². The first-order valence-corrected chi connectivity index (χ1v) is 1.56. The SMILES string of the molecule is [N-]=[N+]=[N][Pt]. The zero-order valence-electron chi connectivity index (χ0n) is 1.66. The van der Waals surface area contributed by atoms with Crippen LogP contribution < -0.4 is 0 Å². The first-order chi connectivity index (χ1) is 1.91. The van der Waals surface area contributed by atoms with E-state index in [-0.39, 0.29) is 0 Å². The molecule has 0 saturated heterocycles. The van der Waals surface area contributed by atoms with Gasteiger partial charge in [0.25, 0.3) is 0 Å². The second-order valence-electron chi connectivity index (χ2n) is 0.153. The van der Waals surface area contributed by atoms with E-state index in [1.807, 2.05) is 0 Å². The molecule has 0 aliphatic carbocycles. The van der Waals surface area contributed by atoms with E-state index in [0.29, 0.717) is 0 Å². The van der Waals surface area contributed by atoms with Gasteiger partial charge >= 0.3 is 34.2 Å². The monoisotopic (exact) mass is 237 g/mol. The van der Waals surface area contributed by atoms with E-state index in [1.54, 1.807) is 20.1 Å². The summed E-state index contributed by atoms with van der Waals surface area (Å²) < 4.78 is 2.89. The maximum absolute atomic E-state index is 7.33. The summed E-state index contributed by atoms with van der Waals surface area (Å²) in [5.74, 6) is 0. The third kappa shape index (κ3) is 2.00. The van der Waals surface area contributed by atoms with Crippen LogP contribution in [0.3, 0.4) is 0 Å². The van der Waals surface area contributed by atoms with Crippen molar-refractivity contribution in [1.82, 2.24) is 0 Å². The Morgan fingerprint density at radius 2 is 2.25 bits per heavy atom.